The van der Waals surface area contributed by atoms with Crippen LogP contribution in [0.5, 0.6) is 0 Å². The Balaban J connectivity index is 1.37. The van der Waals surface area contributed by atoms with Crippen molar-refractivity contribution in [1.82, 2.24) is 19.9 Å². The summed E-state index contributed by atoms with van der Waals surface area (Å²) in [6.07, 6.45) is 5.71. The van der Waals surface area contributed by atoms with E-state index >= 15 is 0 Å². The van der Waals surface area contributed by atoms with Gasteiger partial charge in [0.1, 0.15) is 35.0 Å². The van der Waals surface area contributed by atoms with Gasteiger partial charge in [-0.05, 0) is 77.3 Å². The number of rotatable bonds is 8. The predicted molar refractivity (Wildman–Crippen MR) is 176 cm³/mol. The number of anilines is 1. The zero-order valence-electron chi connectivity index (χ0n) is 29.4. The maximum Gasteiger partial charge on any atom is 0.408 e. The van der Waals surface area contributed by atoms with Gasteiger partial charge in [-0.1, -0.05) is 40.0 Å². The minimum absolute atomic E-state index is 0.0633. The standard InChI is InChI=1S/C35H50N6O7/c1-32(2,3)27(40-31(44)48-33(4,5)6)30(43)45-18-22-17-35(19-36,28-26(22)46-34(7,8)47-28)24-15-14-23-29(37-20-38-41(23)24)39-25(42)16-21-12-10-9-11-13-21/h14-15,20-22,26-28H,9-13,16-18H2,1-8H3,(H,40,44)(H,37,38,39,42)/t22-,26-,27-,28-,35-/m1/s1. The maximum absolute atomic E-state index is 13.5. The highest BCUT2D eigenvalue weighted by atomic mass is 16.8. The lowest BCUT2D eigenvalue weighted by atomic mass is 9.81. The van der Waals surface area contributed by atoms with E-state index in [1.165, 1.54) is 12.7 Å². The van der Waals surface area contributed by atoms with Gasteiger partial charge < -0.3 is 29.6 Å². The van der Waals surface area contributed by atoms with Crippen LogP contribution < -0.4 is 10.6 Å². The molecule has 2 aromatic rings. The van der Waals surface area contributed by atoms with Gasteiger partial charge in [0.05, 0.1) is 24.5 Å². The Labute approximate surface area is 282 Å². The number of aromatic nitrogens is 3. The summed E-state index contributed by atoms with van der Waals surface area (Å²) in [5.41, 5.74) is -1.51. The van der Waals surface area contributed by atoms with Gasteiger partial charge in [0.2, 0.25) is 5.91 Å². The number of esters is 1. The van der Waals surface area contributed by atoms with Crippen LogP contribution in [-0.4, -0.2) is 68.8 Å². The molecule has 0 aromatic carbocycles. The van der Waals surface area contributed by atoms with E-state index in [1.807, 2.05) is 26.8 Å². The monoisotopic (exact) mass is 666 g/mol. The molecule has 0 spiro atoms. The number of hydrogen-bond acceptors (Lipinski definition) is 10. The highest BCUT2D eigenvalue weighted by molar-refractivity contribution is 5.93. The van der Waals surface area contributed by atoms with Crippen LogP contribution in [0.2, 0.25) is 0 Å². The zero-order valence-corrected chi connectivity index (χ0v) is 29.4. The van der Waals surface area contributed by atoms with Crippen LogP contribution in [0.15, 0.2) is 18.5 Å². The maximum atomic E-state index is 13.5. The first-order valence-electron chi connectivity index (χ1n) is 17.0. The van der Waals surface area contributed by atoms with Crippen LogP contribution in [0.1, 0.15) is 106 Å². The van der Waals surface area contributed by atoms with Gasteiger partial charge in [-0.3, -0.25) is 4.79 Å². The molecule has 2 amide bonds. The first-order valence-corrected chi connectivity index (χ1v) is 17.0. The van der Waals surface area contributed by atoms with E-state index in [0.717, 1.165) is 25.7 Å². The number of carbonyl (C=O) groups excluding carboxylic acids is 3. The molecule has 5 rings (SSSR count). The Morgan fingerprint density at radius 2 is 1.81 bits per heavy atom. The lowest BCUT2D eigenvalue weighted by Crippen LogP contribution is -2.51. The van der Waals surface area contributed by atoms with E-state index in [0.29, 0.717) is 29.4 Å². The molecule has 2 N–H and O–H groups in total. The first-order chi connectivity index (χ1) is 22.4. The van der Waals surface area contributed by atoms with Crippen molar-refractivity contribution < 1.29 is 33.3 Å². The Bertz CT molecular complexity index is 1560. The third kappa shape index (κ3) is 7.60. The molecule has 3 fully saturated rings. The number of ether oxygens (including phenoxy) is 4. The van der Waals surface area contributed by atoms with Crippen molar-refractivity contribution in [2.75, 3.05) is 11.9 Å². The number of carbonyl (C=O) groups is 3. The van der Waals surface area contributed by atoms with Crippen molar-refractivity contribution >= 4 is 29.3 Å². The number of nitrogens with one attached hydrogen (secondary N) is 2. The van der Waals surface area contributed by atoms with Gasteiger partial charge >= 0.3 is 12.1 Å². The van der Waals surface area contributed by atoms with Gasteiger partial charge in [-0.15, -0.1) is 0 Å². The van der Waals surface area contributed by atoms with Crippen molar-refractivity contribution in [3.05, 3.63) is 24.2 Å². The molecule has 0 radical (unpaired) electrons. The second-order valence-electron chi connectivity index (χ2n) is 16.0. The highest BCUT2D eigenvalue weighted by Crippen LogP contribution is 2.53. The fourth-order valence-electron chi connectivity index (χ4n) is 7.26. The molecule has 2 aromatic heterocycles. The number of nitriles is 1. The molecule has 0 unspecified atom stereocenters. The van der Waals surface area contributed by atoms with Crippen molar-refractivity contribution in [3.63, 3.8) is 0 Å². The number of alkyl carbamates (subject to hydrolysis) is 1. The van der Waals surface area contributed by atoms with Crippen LogP contribution in [-0.2, 0) is 34.0 Å². The topological polar surface area (TPSA) is 166 Å². The second kappa shape index (κ2) is 13.3. The van der Waals surface area contributed by atoms with E-state index in [1.54, 1.807) is 45.2 Å². The number of hydrogen-bond donors (Lipinski definition) is 2. The van der Waals surface area contributed by atoms with Crippen LogP contribution in [0.3, 0.4) is 0 Å². The average Bonchev–Trinajstić information content (AvgIpc) is 3.64. The molecule has 5 atom stereocenters. The molecule has 262 valence electrons. The molecule has 13 nitrogen and oxygen atoms in total. The van der Waals surface area contributed by atoms with Crippen LogP contribution in [0.4, 0.5) is 10.6 Å². The summed E-state index contributed by atoms with van der Waals surface area (Å²) in [4.78, 5) is 43.4. The molecule has 13 heteroatoms. The fourth-order valence-corrected chi connectivity index (χ4v) is 7.26. The molecule has 3 aliphatic rings. The Morgan fingerprint density at radius 1 is 1.10 bits per heavy atom. The molecule has 1 saturated heterocycles. The molecule has 1 aliphatic heterocycles. The average molecular weight is 667 g/mol. The minimum Gasteiger partial charge on any atom is -0.464 e. The summed E-state index contributed by atoms with van der Waals surface area (Å²) in [5.74, 6) is -1.37. The van der Waals surface area contributed by atoms with E-state index in [4.69, 9.17) is 18.9 Å². The van der Waals surface area contributed by atoms with E-state index in [2.05, 4.69) is 26.8 Å². The Morgan fingerprint density at radius 3 is 2.46 bits per heavy atom. The van der Waals surface area contributed by atoms with Crippen molar-refractivity contribution in [1.29, 1.82) is 5.26 Å². The van der Waals surface area contributed by atoms with Gasteiger partial charge in [0.25, 0.3) is 0 Å². The van der Waals surface area contributed by atoms with E-state index < -0.39 is 58.4 Å². The SMILES string of the molecule is CC(C)(C)OC(=O)N[C@H](C(=O)OC[C@H]1C[C@@](C#N)(c2ccc3c(NC(=O)CC4CCCCC4)ncnn23)[C@@H]2OC(C)(C)O[C@H]12)C(C)(C)C. The minimum atomic E-state index is -1.22. The summed E-state index contributed by atoms with van der Waals surface area (Å²) in [6, 6.07) is 5.14. The Kier molecular flexibility index (Phi) is 9.83. The summed E-state index contributed by atoms with van der Waals surface area (Å²) in [7, 11) is 0. The number of nitrogens with zero attached hydrogens (tertiary/aromatic N) is 4. The largest absolute Gasteiger partial charge is 0.464 e. The zero-order chi connectivity index (χ0) is 35.1. The quantitative estimate of drug-likeness (QED) is 0.347. The number of fused-ring (bicyclic) bond motifs is 2. The van der Waals surface area contributed by atoms with Crippen LogP contribution >= 0.6 is 0 Å². The highest BCUT2D eigenvalue weighted by Gasteiger charge is 2.64. The summed E-state index contributed by atoms with van der Waals surface area (Å²) in [6.45, 7) is 14.2. The van der Waals surface area contributed by atoms with Gasteiger partial charge in [-0.25, -0.2) is 19.1 Å². The van der Waals surface area contributed by atoms with E-state index in [9.17, 15) is 19.6 Å². The van der Waals surface area contributed by atoms with Crippen molar-refractivity contribution in [2.45, 2.75) is 135 Å². The lowest BCUT2D eigenvalue weighted by Gasteiger charge is -2.31. The molecular weight excluding hydrogens is 616 g/mol. The molecule has 0 bridgehead atoms. The number of amides is 2. The second-order valence-corrected chi connectivity index (χ2v) is 16.0. The van der Waals surface area contributed by atoms with Gasteiger partial charge in [0, 0.05) is 12.3 Å². The predicted octanol–water partition coefficient (Wildman–Crippen LogP) is 5.42. The van der Waals surface area contributed by atoms with Crippen LogP contribution in [0.25, 0.3) is 5.52 Å². The smallest absolute Gasteiger partial charge is 0.408 e. The van der Waals surface area contributed by atoms with Gasteiger partial charge in [0.15, 0.2) is 11.6 Å². The van der Waals surface area contributed by atoms with Crippen molar-refractivity contribution in [2.24, 2.45) is 17.3 Å². The first kappa shape index (κ1) is 35.5. The lowest BCUT2D eigenvalue weighted by molar-refractivity contribution is -0.166. The summed E-state index contributed by atoms with van der Waals surface area (Å²) in [5, 5.41) is 21.0. The third-order valence-electron chi connectivity index (χ3n) is 9.43. The van der Waals surface area contributed by atoms with Crippen molar-refractivity contribution in [3.8, 4) is 6.07 Å². The fraction of sp³-hybridized carbons (Fsp3) is 0.714. The third-order valence-corrected chi connectivity index (χ3v) is 9.43. The van der Waals surface area contributed by atoms with E-state index in [-0.39, 0.29) is 18.9 Å². The summed E-state index contributed by atoms with van der Waals surface area (Å²) < 4.78 is 25.6. The Hall–Kier alpha value is -3.76. The molecule has 3 heterocycles. The normalized spacial score (nSPS) is 26.4. The molecule has 2 aliphatic carbocycles. The molecular formula is C35H50N6O7. The molecule has 2 saturated carbocycles. The van der Waals surface area contributed by atoms with Crippen LogP contribution in [0, 0.1) is 28.6 Å². The van der Waals surface area contributed by atoms with Gasteiger partial charge in [-0.2, -0.15) is 10.4 Å². The molecule has 48 heavy (non-hydrogen) atoms. The summed E-state index contributed by atoms with van der Waals surface area (Å²) >= 11 is 0.